The lowest BCUT2D eigenvalue weighted by Crippen LogP contribution is -2.36. The third-order valence-electron chi connectivity index (χ3n) is 1.75. The summed E-state index contributed by atoms with van der Waals surface area (Å²) in [6.45, 7) is 6.68. The zero-order valence-corrected chi connectivity index (χ0v) is 8.35. The fourth-order valence-corrected chi connectivity index (χ4v) is 1.54. The molecule has 0 aromatic carbocycles. The molecule has 0 aromatic heterocycles. The second kappa shape index (κ2) is 5.03. The van der Waals surface area contributed by atoms with Crippen LogP contribution in [0.2, 0.25) is 0 Å². The van der Waals surface area contributed by atoms with Crippen LogP contribution in [0.15, 0.2) is 0 Å². The molecule has 0 rings (SSSR count). The molecule has 0 atom stereocenters. The van der Waals surface area contributed by atoms with Gasteiger partial charge >= 0.3 is 0 Å². The molecule has 0 saturated heterocycles. The Balaban J connectivity index is 3.28. The molecule has 2 heteroatoms. The second-order valence-corrected chi connectivity index (χ2v) is 4.47. The van der Waals surface area contributed by atoms with Gasteiger partial charge in [-0.2, -0.15) is 11.8 Å². The molecule has 0 amide bonds. The average molecular weight is 161 g/mol. The van der Waals surface area contributed by atoms with E-state index in [0.717, 1.165) is 0 Å². The van der Waals surface area contributed by atoms with Crippen molar-refractivity contribution in [3.8, 4) is 0 Å². The van der Waals surface area contributed by atoms with E-state index in [1.54, 1.807) is 0 Å². The van der Waals surface area contributed by atoms with Crippen molar-refractivity contribution in [3.63, 3.8) is 0 Å². The summed E-state index contributed by atoms with van der Waals surface area (Å²) in [7, 11) is 2.02. The summed E-state index contributed by atoms with van der Waals surface area (Å²) in [5.74, 6) is 2.50. The average Bonchev–Trinajstić information content (AvgIpc) is 1.89. The molecular weight excluding hydrogens is 142 g/mol. The van der Waals surface area contributed by atoms with Gasteiger partial charge in [0.25, 0.3) is 0 Å². The third kappa shape index (κ3) is 5.12. The lowest BCUT2D eigenvalue weighted by molar-refractivity contribution is 0.414. The molecule has 0 aromatic rings. The standard InChI is InChI=1S/C8H19NS/c1-5-10-7-6-8(2,3)9-4/h9H,5-7H2,1-4H3. The summed E-state index contributed by atoms with van der Waals surface area (Å²) < 4.78 is 0. The van der Waals surface area contributed by atoms with E-state index in [4.69, 9.17) is 0 Å². The van der Waals surface area contributed by atoms with E-state index in [9.17, 15) is 0 Å². The van der Waals surface area contributed by atoms with Gasteiger partial charge in [-0.25, -0.2) is 0 Å². The second-order valence-electron chi connectivity index (χ2n) is 3.08. The zero-order chi connectivity index (χ0) is 8.04. The molecule has 0 heterocycles. The molecule has 0 saturated carbocycles. The van der Waals surface area contributed by atoms with Gasteiger partial charge in [0.05, 0.1) is 0 Å². The van der Waals surface area contributed by atoms with Crippen LogP contribution < -0.4 is 5.32 Å². The van der Waals surface area contributed by atoms with E-state index >= 15 is 0 Å². The van der Waals surface area contributed by atoms with E-state index in [1.807, 2.05) is 18.8 Å². The minimum Gasteiger partial charge on any atom is -0.315 e. The summed E-state index contributed by atoms with van der Waals surface area (Å²) >= 11 is 2.01. The molecule has 0 fully saturated rings. The summed E-state index contributed by atoms with van der Waals surface area (Å²) in [5.41, 5.74) is 0.322. The normalized spacial score (nSPS) is 12.0. The highest BCUT2D eigenvalue weighted by Gasteiger charge is 2.12. The van der Waals surface area contributed by atoms with Crippen molar-refractivity contribution in [2.45, 2.75) is 32.7 Å². The van der Waals surface area contributed by atoms with Gasteiger partial charge in [-0.1, -0.05) is 6.92 Å². The van der Waals surface area contributed by atoms with Crippen molar-refractivity contribution in [3.05, 3.63) is 0 Å². The van der Waals surface area contributed by atoms with Crippen molar-refractivity contribution in [2.75, 3.05) is 18.6 Å². The number of nitrogens with one attached hydrogen (secondary N) is 1. The first kappa shape index (κ1) is 10.3. The molecule has 10 heavy (non-hydrogen) atoms. The highest BCUT2D eigenvalue weighted by Crippen LogP contribution is 2.11. The summed E-state index contributed by atoms with van der Waals surface area (Å²) in [6.07, 6.45) is 1.25. The van der Waals surface area contributed by atoms with Crippen LogP contribution in [0.5, 0.6) is 0 Å². The molecule has 0 aliphatic carbocycles. The van der Waals surface area contributed by atoms with Gasteiger partial charge in [0.15, 0.2) is 0 Å². The maximum Gasteiger partial charge on any atom is 0.0130 e. The van der Waals surface area contributed by atoms with Crippen LogP contribution in [-0.4, -0.2) is 24.1 Å². The monoisotopic (exact) mass is 161 g/mol. The van der Waals surface area contributed by atoms with Gasteiger partial charge in [-0.15, -0.1) is 0 Å². The van der Waals surface area contributed by atoms with Crippen LogP contribution in [0.1, 0.15) is 27.2 Å². The number of hydrogen-bond acceptors (Lipinski definition) is 2. The molecule has 0 spiro atoms. The number of hydrogen-bond donors (Lipinski definition) is 1. The topological polar surface area (TPSA) is 12.0 Å². The van der Waals surface area contributed by atoms with Gasteiger partial charge < -0.3 is 5.32 Å². The molecule has 0 bridgehead atoms. The van der Waals surface area contributed by atoms with E-state index in [2.05, 4.69) is 26.1 Å². The Bertz CT molecular complexity index is 81.3. The van der Waals surface area contributed by atoms with Gasteiger partial charge in [0.1, 0.15) is 0 Å². The molecule has 1 N–H and O–H groups in total. The van der Waals surface area contributed by atoms with Crippen LogP contribution in [0, 0.1) is 0 Å². The fraction of sp³-hybridized carbons (Fsp3) is 1.00. The predicted molar refractivity (Wildman–Crippen MR) is 50.8 cm³/mol. The Morgan fingerprint density at radius 1 is 1.40 bits per heavy atom. The third-order valence-corrected chi connectivity index (χ3v) is 2.65. The van der Waals surface area contributed by atoms with Gasteiger partial charge in [0.2, 0.25) is 0 Å². The Hall–Kier alpha value is 0.310. The van der Waals surface area contributed by atoms with E-state index in [0.29, 0.717) is 5.54 Å². The highest BCUT2D eigenvalue weighted by atomic mass is 32.2. The van der Waals surface area contributed by atoms with Crippen LogP contribution >= 0.6 is 11.8 Å². The van der Waals surface area contributed by atoms with Crippen molar-refractivity contribution in [1.82, 2.24) is 5.32 Å². The van der Waals surface area contributed by atoms with Crippen LogP contribution in [0.25, 0.3) is 0 Å². The quantitative estimate of drug-likeness (QED) is 0.620. The minimum absolute atomic E-state index is 0.322. The van der Waals surface area contributed by atoms with Crippen molar-refractivity contribution < 1.29 is 0 Å². The number of thioether (sulfide) groups is 1. The summed E-state index contributed by atoms with van der Waals surface area (Å²) in [5, 5.41) is 3.29. The van der Waals surface area contributed by atoms with Crippen LogP contribution in [-0.2, 0) is 0 Å². The predicted octanol–water partition coefficient (Wildman–Crippen LogP) is 2.13. The Morgan fingerprint density at radius 3 is 2.40 bits per heavy atom. The summed E-state index contributed by atoms with van der Waals surface area (Å²) in [6, 6.07) is 0. The highest BCUT2D eigenvalue weighted by molar-refractivity contribution is 7.99. The number of rotatable bonds is 5. The lowest BCUT2D eigenvalue weighted by atomic mass is 10.0. The Labute approximate surface area is 69.0 Å². The first-order valence-corrected chi connectivity index (χ1v) is 5.04. The molecule has 0 radical (unpaired) electrons. The molecular formula is C8H19NS. The maximum absolute atomic E-state index is 3.29. The zero-order valence-electron chi connectivity index (χ0n) is 7.53. The minimum atomic E-state index is 0.322. The Morgan fingerprint density at radius 2 is 2.00 bits per heavy atom. The van der Waals surface area contributed by atoms with Crippen LogP contribution in [0.3, 0.4) is 0 Å². The Kier molecular flexibility index (Phi) is 5.18. The fourth-order valence-electron chi connectivity index (χ4n) is 0.597. The first-order chi connectivity index (χ1) is 4.62. The summed E-state index contributed by atoms with van der Waals surface area (Å²) in [4.78, 5) is 0. The molecule has 1 nitrogen and oxygen atoms in total. The SMILES string of the molecule is CCSCCC(C)(C)NC. The van der Waals surface area contributed by atoms with E-state index < -0.39 is 0 Å². The first-order valence-electron chi connectivity index (χ1n) is 3.89. The largest absolute Gasteiger partial charge is 0.315 e. The van der Waals surface area contributed by atoms with E-state index in [1.165, 1.54) is 17.9 Å². The van der Waals surface area contributed by atoms with Crippen molar-refractivity contribution >= 4 is 11.8 Å². The lowest BCUT2D eigenvalue weighted by Gasteiger charge is -2.23. The smallest absolute Gasteiger partial charge is 0.0130 e. The van der Waals surface area contributed by atoms with Gasteiger partial charge in [-0.05, 0) is 38.8 Å². The molecule has 0 aliphatic heterocycles. The van der Waals surface area contributed by atoms with Crippen LogP contribution in [0.4, 0.5) is 0 Å². The maximum atomic E-state index is 3.29. The molecule has 0 aliphatic rings. The van der Waals surface area contributed by atoms with Crippen molar-refractivity contribution in [1.29, 1.82) is 0 Å². The van der Waals surface area contributed by atoms with Crippen molar-refractivity contribution in [2.24, 2.45) is 0 Å². The van der Waals surface area contributed by atoms with E-state index in [-0.39, 0.29) is 0 Å². The molecule has 62 valence electrons. The molecule has 0 unspecified atom stereocenters. The van der Waals surface area contributed by atoms with Gasteiger partial charge in [-0.3, -0.25) is 0 Å². The van der Waals surface area contributed by atoms with Gasteiger partial charge in [0, 0.05) is 5.54 Å².